The Hall–Kier alpha value is 0.310. The molecule has 98 valence electrons. The first-order chi connectivity index (χ1) is 8.38. The SMILES string of the molecule is CCNC(C1CCCCS1)C1CC2CCC1C2. The fraction of sp³-hybridized carbons (Fsp3) is 1.00. The Bertz CT molecular complexity index is 249. The highest BCUT2D eigenvalue weighted by Crippen LogP contribution is 2.51. The van der Waals surface area contributed by atoms with Crippen LogP contribution in [-0.4, -0.2) is 23.6 Å². The Morgan fingerprint density at radius 3 is 2.71 bits per heavy atom. The predicted molar refractivity (Wildman–Crippen MR) is 76.5 cm³/mol. The minimum absolute atomic E-state index is 0.834. The number of rotatable bonds is 4. The Balaban J connectivity index is 1.66. The van der Waals surface area contributed by atoms with Gasteiger partial charge in [-0.1, -0.05) is 19.8 Å². The van der Waals surface area contributed by atoms with Crippen molar-refractivity contribution in [3.8, 4) is 0 Å². The summed E-state index contributed by atoms with van der Waals surface area (Å²) in [6.45, 7) is 3.45. The summed E-state index contributed by atoms with van der Waals surface area (Å²) >= 11 is 2.26. The van der Waals surface area contributed by atoms with Gasteiger partial charge in [0, 0.05) is 11.3 Å². The fourth-order valence-electron chi connectivity index (χ4n) is 4.58. The van der Waals surface area contributed by atoms with Gasteiger partial charge >= 0.3 is 0 Å². The van der Waals surface area contributed by atoms with E-state index in [9.17, 15) is 0 Å². The van der Waals surface area contributed by atoms with Crippen LogP contribution in [0.4, 0.5) is 0 Å². The second-order valence-corrected chi connectivity index (χ2v) is 7.67. The Morgan fingerprint density at radius 1 is 1.18 bits per heavy atom. The van der Waals surface area contributed by atoms with Crippen LogP contribution in [0, 0.1) is 17.8 Å². The van der Waals surface area contributed by atoms with Crippen molar-refractivity contribution < 1.29 is 0 Å². The van der Waals surface area contributed by atoms with Gasteiger partial charge in [0.15, 0.2) is 0 Å². The molecule has 2 aliphatic carbocycles. The van der Waals surface area contributed by atoms with Gasteiger partial charge in [-0.2, -0.15) is 11.8 Å². The van der Waals surface area contributed by atoms with Gasteiger partial charge < -0.3 is 5.32 Å². The van der Waals surface area contributed by atoms with E-state index in [1.165, 1.54) is 37.9 Å². The molecule has 1 aliphatic heterocycles. The molecule has 17 heavy (non-hydrogen) atoms. The molecule has 0 spiro atoms. The van der Waals surface area contributed by atoms with Gasteiger partial charge in [-0.15, -0.1) is 0 Å². The summed E-state index contributed by atoms with van der Waals surface area (Å²) in [7, 11) is 0. The average Bonchev–Trinajstić information content (AvgIpc) is 2.99. The molecule has 0 aromatic carbocycles. The zero-order valence-electron chi connectivity index (χ0n) is 11.2. The van der Waals surface area contributed by atoms with Crippen LogP contribution in [-0.2, 0) is 0 Å². The molecule has 1 N–H and O–H groups in total. The highest BCUT2D eigenvalue weighted by Gasteiger charge is 2.45. The van der Waals surface area contributed by atoms with Gasteiger partial charge in [0.2, 0.25) is 0 Å². The van der Waals surface area contributed by atoms with E-state index in [0.717, 1.165) is 35.6 Å². The van der Waals surface area contributed by atoms with Gasteiger partial charge in [-0.25, -0.2) is 0 Å². The van der Waals surface area contributed by atoms with Crippen LogP contribution in [0.25, 0.3) is 0 Å². The molecule has 0 aromatic heterocycles. The molecular weight excluding hydrogens is 226 g/mol. The summed E-state index contributed by atoms with van der Waals surface area (Å²) in [6, 6.07) is 0.834. The van der Waals surface area contributed by atoms with Crippen LogP contribution < -0.4 is 5.32 Å². The fourth-order valence-corrected chi connectivity index (χ4v) is 6.09. The number of hydrogen-bond acceptors (Lipinski definition) is 2. The molecule has 3 rings (SSSR count). The van der Waals surface area contributed by atoms with Crippen molar-refractivity contribution in [2.45, 2.75) is 63.2 Å². The van der Waals surface area contributed by atoms with E-state index in [0.29, 0.717) is 0 Å². The number of hydrogen-bond donors (Lipinski definition) is 1. The Morgan fingerprint density at radius 2 is 2.12 bits per heavy atom. The molecule has 0 radical (unpaired) electrons. The smallest absolute Gasteiger partial charge is 0.0217 e. The van der Waals surface area contributed by atoms with Crippen LogP contribution in [0.2, 0.25) is 0 Å². The standard InChI is InChI=1S/C15H27NS/c1-2-16-15(14-5-3-4-8-17-14)13-10-11-6-7-12(13)9-11/h11-16H,2-10H2,1H3. The van der Waals surface area contributed by atoms with Crippen molar-refractivity contribution in [1.82, 2.24) is 5.32 Å². The average molecular weight is 253 g/mol. The summed E-state index contributed by atoms with van der Waals surface area (Å²) in [5, 5.41) is 4.78. The van der Waals surface area contributed by atoms with Crippen LogP contribution in [0.15, 0.2) is 0 Å². The summed E-state index contributed by atoms with van der Waals surface area (Å²) in [5.74, 6) is 4.60. The summed E-state index contributed by atoms with van der Waals surface area (Å²) in [4.78, 5) is 0. The maximum absolute atomic E-state index is 3.86. The van der Waals surface area contributed by atoms with E-state index >= 15 is 0 Å². The molecule has 2 heteroatoms. The zero-order chi connectivity index (χ0) is 11.7. The quantitative estimate of drug-likeness (QED) is 0.820. The minimum Gasteiger partial charge on any atom is -0.313 e. The van der Waals surface area contributed by atoms with Crippen molar-refractivity contribution >= 4 is 11.8 Å². The molecule has 3 fully saturated rings. The first-order valence-corrected chi connectivity index (χ1v) is 8.78. The van der Waals surface area contributed by atoms with E-state index in [1.54, 1.807) is 12.8 Å². The van der Waals surface area contributed by atoms with Crippen molar-refractivity contribution in [2.24, 2.45) is 17.8 Å². The van der Waals surface area contributed by atoms with Crippen LogP contribution in [0.3, 0.4) is 0 Å². The molecule has 5 atom stereocenters. The van der Waals surface area contributed by atoms with Gasteiger partial charge in [0.25, 0.3) is 0 Å². The highest BCUT2D eigenvalue weighted by molar-refractivity contribution is 8.00. The first kappa shape index (κ1) is 12.3. The second-order valence-electron chi connectivity index (χ2n) is 6.33. The normalized spacial score (nSPS) is 42.9. The lowest BCUT2D eigenvalue weighted by molar-refractivity contribution is 0.240. The number of thioether (sulfide) groups is 1. The molecule has 5 unspecified atom stereocenters. The third kappa shape index (κ3) is 2.53. The first-order valence-electron chi connectivity index (χ1n) is 7.73. The third-order valence-corrected chi connectivity index (χ3v) is 6.79. The van der Waals surface area contributed by atoms with E-state index < -0.39 is 0 Å². The van der Waals surface area contributed by atoms with Gasteiger partial charge in [-0.3, -0.25) is 0 Å². The van der Waals surface area contributed by atoms with Gasteiger partial charge in [0.05, 0.1) is 0 Å². The lowest BCUT2D eigenvalue weighted by Gasteiger charge is -2.38. The minimum atomic E-state index is 0.834. The van der Waals surface area contributed by atoms with Crippen LogP contribution in [0.5, 0.6) is 0 Å². The van der Waals surface area contributed by atoms with Crippen LogP contribution in [0.1, 0.15) is 51.9 Å². The van der Waals surface area contributed by atoms with Crippen LogP contribution >= 0.6 is 11.8 Å². The van der Waals surface area contributed by atoms with Crippen molar-refractivity contribution in [3.63, 3.8) is 0 Å². The monoisotopic (exact) mass is 253 g/mol. The maximum Gasteiger partial charge on any atom is 0.0217 e. The van der Waals surface area contributed by atoms with E-state index in [-0.39, 0.29) is 0 Å². The predicted octanol–water partition coefficient (Wildman–Crippen LogP) is 3.69. The topological polar surface area (TPSA) is 12.0 Å². The van der Waals surface area contributed by atoms with Crippen molar-refractivity contribution in [1.29, 1.82) is 0 Å². The largest absolute Gasteiger partial charge is 0.313 e. The number of nitrogens with one attached hydrogen (secondary N) is 1. The summed E-state index contributed by atoms with van der Waals surface area (Å²) in [5.41, 5.74) is 0. The molecule has 1 nitrogen and oxygen atoms in total. The zero-order valence-corrected chi connectivity index (χ0v) is 12.0. The molecule has 2 bridgehead atoms. The molecule has 1 saturated heterocycles. The van der Waals surface area contributed by atoms with Crippen molar-refractivity contribution in [2.75, 3.05) is 12.3 Å². The molecular formula is C15H27NS. The molecule has 1 heterocycles. The Labute approximate surface area is 111 Å². The van der Waals surface area contributed by atoms with E-state index in [4.69, 9.17) is 0 Å². The van der Waals surface area contributed by atoms with Gasteiger partial charge in [-0.05, 0) is 62.2 Å². The number of fused-ring (bicyclic) bond motifs is 2. The molecule has 0 aromatic rings. The maximum atomic E-state index is 3.86. The van der Waals surface area contributed by atoms with Gasteiger partial charge in [0.1, 0.15) is 0 Å². The summed E-state index contributed by atoms with van der Waals surface area (Å²) in [6.07, 6.45) is 10.6. The van der Waals surface area contributed by atoms with E-state index in [2.05, 4.69) is 24.0 Å². The van der Waals surface area contributed by atoms with Crippen molar-refractivity contribution in [3.05, 3.63) is 0 Å². The summed E-state index contributed by atoms with van der Waals surface area (Å²) < 4.78 is 0. The molecule has 0 amide bonds. The molecule has 3 aliphatic rings. The highest BCUT2D eigenvalue weighted by atomic mass is 32.2. The second kappa shape index (κ2) is 5.52. The lowest BCUT2D eigenvalue weighted by Crippen LogP contribution is -2.46. The third-order valence-electron chi connectivity index (χ3n) is 5.31. The lowest BCUT2D eigenvalue weighted by atomic mass is 9.81. The molecule has 2 saturated carbocycles. The Kier molecular flexibility index (Phi) is 4.01. The van der Waals surface area contributed by atoms with E-state index in [1.807, 2.05) is 0 Å².